The van der Waals surface area contributed by atoms with E-state index >= 15 is 0 Å². The van der Waals surface area contributed by atoms with Gasteiger partial charge in [-0.15, -0.1) is 0 Å². The van der Waals surface area contributed by atoms with Crippen LogP contribution in [0.5, 0.6) is 0 Å². The maximum atomic E-state index is 13.3. The Morgan fingerprint density at radius 1 is 1.34 bits per heavy atom. The fourth-order valence-electron chi connectivity index (χ4n) is 4.11. The predicted molar refractivity (Wildman–Crippen MR) is 112 cm³/mol. The molecule has 1 amide bonds. The number of likely N-dealkylation sites (tertiary alicyclic amines) is 1. The number of aromatic nitrogens is 1. The zero-order valence-electron chi connectivity index (χ0n) is 17.0. The molecular weight excluding hydrogens is 368 g/mol. The summed E-state index contributed by atoms with van der Waals surface area (Å²) >= 11 is 0. The SMILES string of the molecule is CC(C)(C)c1cc(-c2ccc[nH]c2=O)cc2c(C(=O)N3CCCC3CO)coc12. The lowest BCUT2D eigenvalue weighted by Crippen LogP contribution is -2.37. The smallest absolute Gasteiger partial charge is 0.258 e. The summed E-state index contributed by atoms with van der Waals surface area (Å²) in [7, 11) is 0. The molecule has 0 saturated carbocycles. The molecule has 6 heteroatoms. The van der Waals surface area contributed by atoms with Crippen molar-refractivity contribution in [3.05, 3.63) is 58.2 Å². The Bertz CT molecular complexity index is 1120. The number of amides is 1. The van der Waals surface area contributed by atoms with Gasteiger partial charge in [-0.25, -0.2) is 0 Å². The Balaban J connectivity index is 1.92. The van der Waals surface area contributed by atoms with Gasteiger partial charge in [0.1, 0.15) is 11.8 Å². The summed E-state index contributed by atoms with van der Waals surface area (Å²) in [6, 6.07) is 7.23. The second-order valence-corrected chi connectivity index (χ2v) is 8.69. The van der Waals surface area contributed by atoms with Crippen LogP contribution in [0.2, 0.25) is 0 Å². The highest BCUT2D eigenvalue weighted by atomic mass is 16.3. The number of nitrogens with one attached hydrogen (secondary N) is 1. The van der Waals surface area contributed by atoms with Crippen LogP contribution >= 0.6 is 0 Å². The van der Waals surface area contributed by atoms with Gasteiger partial charge in [0.05, 0.1) is 18.2 Å². The average molecular weight is 394 g/mol. The molecule has 152 valence electrons. The van der Waals surface area contributed by atoms with Crippen LogP contribution in [0.25, 0.3) is 22.1 Å². The number of benzene rings is 1. The van der Waals surface area contributed by atoms with Crippen LogP contribution in [0.4, 0.5) is 0 Å². The summed E-state index contributed by atoms with van der Waals surface area (Å²) in [5.74, 6) is -0.140. The molecule has 6 nitrogen and oxygen atoms in total. The summed E-state index contributed by atoms with van der Waals surface area (Å²) in [6.45, 7) is 6.81. The zero-order chi connectivity index (χ0) is 20.8. The van der Waals surface area contributed by atoms with Gasteiger partial charge in [-0.3, -0.25) is 9.59 Å². The first kappa shape index (κ1) is 19.5. The van der Waals surface area contributed by atoms with Gasteiger partial charge in [0, 0.05) is 29.3 Å². The molecule has 0 spiro atoms. The Morgan fingerprint density at radius 2 is 2.14 bits per heavy atom. The molecule has 1 atom stereocenters. The minimum atomic E-state index is -0.241. The number of hydrogen-bond acceptors (Lipinski definition) is 4. The lowest BCUT2D eigenvalue weighted by Gasteiger charge is -2.23. The Labute approximate surface area is 169 Å². The van der Waals surface area contributed by atoms with Gasteiger partial charge in [0.25, 0.3) is 11.5 Å². The molecule has 1 aromatic carbocycles. The molecule has 0 aliphatic carbocycles. The molecule has 1 aliphatic rings. The predicted octanol–water partition coefficient (Wildman–Crippen LogP) is 3.68. The summed E-state index contributed by atoms with van der Waals surface area (Å²) in [4.78, 5) is 30.1. The lowest BCUT2D eigenvalue weighted by molar-refractivity contribution is 0.0678. The van der Waals surface area contributed by atoms with Gasteiger partial charge in [0.15, 0.2) is 0 Å². The van der Waals surface area contributed by atoms with Crippen molar-refractivity contribution in [2.75, 3.05) is 13.2 Å². The van der Waals surface area contributed by atoms with E-state index in [0.29, 0.717) is 28.6 Å². The van der Waals surface area contributed by atoms with Crippen LogP contribution in [0.3, 0.4) is 0 Å². The number of H-pyrrole nitrogens is 1. The molecule has 4 rings (SSSR count). The zero-order valence-corrected chi connectivity index (χ0v) is 17.0. The quantitative estimate of drug-likeness (QED) is 0.709. The van der Waals surface area contributed by atoms with E-state index in [4.69, 9.17) is 4.42 Å². The van der Waals surface area contributed by atoms with Crippen LogP contribution in [-0.4, -0.2) is 40.1 Å². The van der Waals surface area contributed by atoms with E-state index < -0.39 is 0 Å². The molecule has 1 saturated heterocycles. The molecule has 1 fully saturated rings. The summed E-state index contributed by atoms with van der Waals surface area (Å²) in [5.41, 5.74) is 2.95. The fraction of sp³-hybridized carbons (Fsp3) is 0.391. The van der Waals surface area contributed by atoms with Gasteiger partial charge in [-0.05, 0) is 48.1 Å². The van der Waals surface area contributed by atoms with Crippen LogP contribution in [0, 0.1) is 0 Å². The average Bonchev–Trinajstić information content (AvgIpc) is 3.33. The number of aliphatic hydroxyl groups is 1. The second kappa shape index (κ2) is 7.19. The number of pyridine rings is 1. The molecule has 1 unspecified atom stereocenters. The van der Waals surface area contributed by atoms with Crippen LogP contribution in [0.15, 0.2) is 45.9 Å². The van der Waals surface area contributed by atoms with Crippen molar-refractivity contribution in [2.45, 2.75) is 45.1 Å². The van der Waals surface area contributed by atoms with Crippen molar-refractivity contribution in [1.29, 1.82) is 0 Å². The number of aliphatic hydroxyl groups excluding tert-OH is 1. The highest BCUT2D eigenvalue weighted by Crippen LogP contribution is 2.37. The second-order valence-electron chi connectivity index (χ2n) is 8.69. The molecule has 0 radical (unpaired) electrons. The molecule has 2 N–H and O–H groups in total. The van der Waals surface area contributed by atoms with E-state index in [1.54, 1.807) is 23.2 Å². The van der Waals surface area contributed by atoms with E-state index in [-0.39, 0.29) is 29.5 Å². The standard InChI is InChI=1S/C23H26N2O4/c1-23(2,3)19-11-14(16-7-4-8-24-21(16)27)10-17-18(13-29-20(17)19)22(28)25-9-5-6-15(25)12-26/h4,7-8,10-11,13,15,26H,5-6,9,12H2,1-3H3,(H,24,27). The van der Waals surface area contributed by atoms with Crippen molar-refractivity contribution in [2.24, 2.45) is 0 Å². The monoisotopic (exact) mass is 394 g/mol. The maximum absolute atomic E-state index is 13.3. The van der Waals surface area contributed by atoms with Crippen molar-refractivity contribution in [1.82, 2.24) is 9.88 Å². The molecule has 0 bridgehead atoms. The van der Waals surface area contributed by atoms with E-state index in [1.807, 2.05) is 12.1 Å². The molecule has 2 aromatic heterocycles. The number of rotatable bonds is 3. The van der Waals surface area contributed by atoms with Crippen LogP contribution in [0.1, 0.15) is 49.5 Å². The fourth-order valence-corrected chi connectivity index (χ4v) is 4.11. The number of nitrogens with zero attached hydrogens (tertiary/aromatic N) is 1. The molecular formula is C23H26N2O4. The first-order valence-electron chi connectivity index (χ1n) is 9.97. The summed E-state index contributed by atoms with van der Waals surface area (Å²) in [5, 5.41) is 10.3. The third-order valence-electron chi connectivity index (χ3n) is 5.69. The molecule has 29 heavy (non-hydrogen) atoms. The van der Waals surface area contributed by atoms with Crippen molar-refractivity contribution < 1.29 is 14.3 Å². The van der Waals surface area contributed by atoms with Gasteiger partial charge in [0.2, 0.25) is 0 Å². The first-order valence-corrected chi connectivity index (χ1v) is 9.97. The lowest BCUT2D eigenvalue weighted by atomic mass is 9.84. The van der Waals surface area contributed by atoms with Crippen molar-refractivity contribution in [3.63, 3.8) is 0 Å². The maximum Gasteiger partial charge on any atom is 0.258 e. The molecule has 3 heterocycles. The van der Waals surface area contributed by atoms with Gasteiger partial charge in [-0.1, -0.05) is 20.8 Å². The third-order valence-corrected chi connectivity index (χ3v) is 5.69. The molecule has 3 aromatic rings. The third kappa shape index (κ3) is 3.38. The number of hydrogen-bond donors (Lipinski definition) is 2. The highest BCUT2D eigenvalue weighted by Gasteiger charge is 2.32. The number of furan rings is 1. The normalized spacial score (nSPS) is 17.2. The number of fused-ring (bicyclic) bond motifs is 1. The Hall–Kier alpha value is -2.86. The molecule has 1 aliphatic heterocycles. The number of carbonyl (C=O) groups excluding carboxylic acids is 1. The van der Waals surface area contributed by atoms with E-state index in [2.05, 4.69) is 25.8 Å². The Morgan fingerprint density at radius 3 is 2.83 bits per heavy atom. The largest absolute Gasteiger partial charge is 0.463 e. The van der Waals surface area contributed by atoms with Gasteiger partial charge in [-0.2, -0.15) is 0 Å². The number of aromatic amines is 1. The van der Waals surface area contributed by atoms with E-state index in [9.17, 15) is 14.7 Å². The van der Waals surface area contributed by atoms with Crippen molar-refractivity contribution >= 4 is 16.9 Å². The number of carbonyl (C=O) groups is 1. The van der Waals surface area contributed by atoms with Crippen molar-refractivity contribution in [3.8, 4) is 11.1 Å². The van der Waals surface area contributed by atoms with E-state index in [1.165, 1.54) is 6.26 Å². The summed E-state index contributed by atoms with van der Waals surface area (Å²) in [6.07, 6.45) is 4.79. The van der Waals surface area contributed by atoms with Gasteiger partial charge < -0.3 is 19.4 Å². The van der Waals surface area contributed by atoms with Crippen LogP contribution in [-0.2, 0) is 5.41 Å². The Kier molecular flexibility index (Phi) is 4.82. The first-order chi connectivity index (χ1) is 13.8. The van der Waals surface area contributed by atoms with Gasteiger partial charge >= 0.3 is 0 Å². The topological polar surface area (TPSA) is 86.5 Å². The minimum absolute atomic E-state index is 0.0423. The minimum Gasteiger partial charge on any atom is -0.463 e. The summed E-state index contributed by atoms with van der Waals surface area (Å²) < 4.78 is 5.88. The highest BCUT2D eigenvalue weighted by molar-refractivity contribution is 6.08. The van der Waals surface area contributed by atoms with E-state index in [0.717, 1.165) is 24.0 Å². The van der Waals surface area contributed by atoms with Crippen LogP contribution < -0.4 is 5.56 Å².